The molecule has 3 rings (SSSR count). The van der Waals surface area contributed by atoms with Crippen molar-refractivity contribution in [3.05, 3.63) is 58.1 Å². The summed E-state index contributed by atoms with van der Waals surface area (Å²) in [5.41, 5.74) is 0.823. The predicted octanol–water partition coefficient (Wildman–Crippen LogP) is 1.60. The van der Waals surface area contributed by atoms with Crippen molar-refractivity contribution in [2.45, 2.75) is 16.2 Å². The van der Waals surface area contributed by atoms with Crippen LogP contribution in [0.1, 0.15) is 5.56 Å². The van der Waals surface area contributed by atoms with Crippen LogP contribution in [-0.4, -0.2) is 46.7 Å². The van der Waals surface area contributed by atoms with Gasteiger partial charge in [0.1, 0.15) is 0 Å². The van der Waals surface area contributed by atoms with Crippen LogP contribution in [0.4, 0.5) is 11.4 Å². The van der Waals surface area contributed by atoms with Crippen molar-refractivity contribution >= 4 is 31.4 Å². The highest BCUT2D eigenvalue weighted by Gasteiger charge is 2.32. The summed E-state index contributed by atoms with van der Waals surface area (Å²) in [6, 6.07) is 8.98. The molecule has 27 heavy (non-hydrogen) atoms. The van der Waals surface area contributed by atoms with Gasteiger partial charge in [-0.1, -0.05) is 0 Å². The van der Waals surface area contributed by atoms with Crippen LogP contribution in [0.2, 0.25) is 0 Å². The zero-order valence-electron chi connectivity index (χ0n) is 14.6. The first-order valence-electron chi connectivity index (χ1n) is 7.88. The molecule has 9 nitrogen and oxygen atoms in total. The molecular formula is C16H17N3O6S2. The van der Waals surface area contributed by atoms with Crippen LogP contribution in [0.15, 0.2) is 52.3 Å². The molecule has 0 aliphatic carbocycles. The van der Waals surface area contributed by atoms with E-state index >= 15 is 0 Å². The van der Waals surface area contributed by atoms with Crippen LogP contribution < -0.4 is 4.31 Å². The van der Waals surface area contributed by atoms with Crippen molar-refractivity contribution < 1.29 is 21.8 Å². The fourth-order valence-electron chi connectivity index (χ4n) is 2.84. The fourth-order valence-corrected chi connectivity index (χ4v) is 5.29. The minimum absolute atomic E-state index is 0.0639. The molecule has 144 valence electrons. The van der Waals surface area contributed by atoms with Gasteiger partial charge in [-0.3, -0.25) is 14.4 Å². The molecule has 0 fully saturated rings. The van der Waals surface area contributed by atoms with Gasteiger partial charge >= 0.3 is 0 Å². The lowest BCUT2D eigenvalue weighted by Gasteiger charge is -2.20. The Morgan fingerprint density at radius 1 is 1.00 bits per heavy atom. The number of non-ortho nitro benzene ring substituents is 1. The summed E-state index contributed by atoms with van der Waals surface area (Å²) >= 11 is 0. The van der Waals surface area contributed by atoms with E-state index in [1.807, 2.05) is 0 Å². The molecule has 1 aliphatic rings. The Hall–Kier alpha value is -2.50. The predicted molar refractivity (Wildman–Crippen MR) is 98.6 cm³/mol. The molecule has 1 aliphatic heterocycles. The molecule has 0 bridgehead atoms. The Balaban J connectivity index is 1.98. The van der Waals surface area contributed by atoms with E-state index in [0.29, 0.717) is 17.7 Å². The van der Waals surface area contributed by atoms with Gasteiger partial charge in [0, 0.05) is 32.8 Å². The highest BCUT2D eigenvalue weighted by atomic mass is 32.2. The monoisotopic (exact) mass is 411 g/mol. The van der Waals surface area contributed by atoms with Crippen LogP contribution >= 0.6 is 0 Å². The minimum Gasteiger partial charge on any atom is -0.266 e. The second kappa shape index (κ2) is 6.59. The molecule has 1 heterocycles. The van der Waals surface area contributed by atoms with Crippen molar-refractivity contribution in [2.24, 2.45) is 0 Å². The number of anilines is 1. The SMILES string of the molecule is CN(C)S(=O)(=O)c1ccc2c(c1)CCN2S(=O)(=O)c1ccc([N+](=O)[O-])cc1. The standard InChI is InChI=1S/C16H17N3O6S2/c1-17(2)26(22,23)15-7-8-16-12(11-15)9-10-18(16)27(24,25)14-5-3-13(4-6-14)19(20)21/h3-8,11H,9-10H2,1-2H3. The zero-order chi connectivity index (χ0) is 20.0. The number of sulfonamides is 2. The second-order valence-corrected chi connectivity index (χ2v) is 10.2. The van der Waals surface area contributed by atoms with Gasteiger partial charge in [-0.05, 0) is 42.3 Å². The number of nitrogens with zero attached hydrogens (tertiary/aromatic N) is 3. The fraction of sp³-hybridized carbons (Fsp3) is 0.250. The first-order valence-corrected chi connectivity index (χ1v) is 10.8. The van der Waals surface area contributed by atoms with Gasteiger partial charge in [-0.15, -0.1) is 0 Å². The molecule has 0 amide bonds. The topological polar surface area (TPSA) is 118 Å². The molecule has 0 saturated carbocycles. The van der Waals surface area contributed by atoms with E-state index in [1.54, 1.807) is 0 Å². The number of fused-ring (bicyclic) bond motifs is 1. The Kier molecular flexibility index (Phi) is 4.70. The minimum atomic E-state index is -3.91. The molecule has 0 saturated heterocycles. The highest BCUT2D eigenvalue weighted by Crippen LogP contribution is 2.35. The number of benzene rings is 2. The lowest BCUT2D eigenvalue weighted by Crippen LogP contribution is -2.29. The molecule has 2 aromatic carbocycles. The third-order valence-corrected chi connectivity index (χ3v) is 7.96. The van der Waals surface area contributed by atoms with Crippen molar-refractivity contribution in [3.8, 4) is 0 Å². The van der Waals surface area contributed by atoms with Crippen LogP contribution in [0.5, 0.6) is 0 Å². The summed E-state index contributed by atoms with van der Waals surface area (Å²) in [5.74, 6) is 0. The van der Waals surface area contributed by atoms with Gasteiger partial charge in [-0.2, -0.15) is 0 Å². The Bertz CT molecular complexity index is 1110. The van der Waals surface area contributed by atoms with Gasteiger partial charge in [0.15, 0.2) is 0 Å². The van der Waals surface area contributed by atoms with Crippen LogP contribution in [0.25, 0.3) is 0 Å². The lowest BCUT2D eigenvalue weighted by atomic mass is 10.2. The van der Waals surface area contributed by atoms with E-state index in [2.05, 4.69) is 0 Å². The molecule has 0 aromatic heterocycles. The van der Waals surface area contributed by atoms with Crippen LogP contribution in [0.3, 0.4) is 0 Å². The van der Waals surface area contributed by atoms with Gasteiger partial charge in [0.25, 0.3) is 15.7 Å². The normalized spacial score (nSPS) is 14.4. The van der Waals surface area contributed by atoms with E-state index in [4.69, 9.17) is 0 Å². The third kappa shape index (κ3) is 3.29. The van der Waals surface area contributed by atoms with Crippen molar-refractivity contribution in [1.29, 1.82) is 0 Å². The van der Waals surface area contributed by atoms with Crippen molar-refractivity contribution in [3.63, 3.8) is 0 Å². The van der Waals surface area contributed by atoms with E-state index in [1.165, 1.54) is 48.7 Å². The lowest BCUT2D eigenvalue weighted by molar-refractivity contribution is -0.384. The Morgan fingerprint density at radius 3 is 2.15 bits per heavy atom. The number of rotatable bonds is 5. The van der Waals surface area contributed by atoms with Crippen LogP contribution in [0, 0.1) is 10.1 Å². The maximum atomic E-state index is 12.9. The third-order valence-electron chi connectivity index (χ3n) is 4.32. The highest BCUT2D eigenvalue weighted by molar-refractivity contribution is 7.92. The molecule has 0 atom stereocenters. The molecule has 11 heteroatoms. The molecule has 0 spiro atoms. The largest absolute Gasteiger partial charge is 0.269 e. The number of hydrogen-bond donors (Lipinski definition) is 0. The summed E-state index contributed by atoms with van der Waals surface area (Å²) < 4.78 is 52.6. The number of nitro groups is 1. The van der Waals surface area contributed by atoms with Gasteiger partial charge in [0.05, 0.1) is 20.4 Å². The summed E-state index contributed by atoms with van der Waals surface area (Å²) in [7, 11) is -4.67. The second-order valence-electron chi connectivity index (χ2n) is 6.16. The molecule has 0 N–H and O–H groups in total. The van der Waals surface area contributed by atoms with E-state index in [9.17, 15) is 26.9 Å². The van der Waals surface area contributed by atoms with E-state index < -0.39 is 25.0 Å². The first-order chi connectivity index (χ1) is 12.5. The van der Waals surface area contributed by atoms with Crippen LogP contribution in [-0.2, 0) is 26.5 Å². The summed E-state index contributed by atoms with van der Waals surface area (Å²) in [6.45, 7) is 0.167. The maximum Gasteiger partial charge on any atom is 0.269 e. The average molecular weight is 411 g/mol. The summed E-state index contributed by atoms with van der Waals surface area (Å²) in [4.78, 5) is 10.2. The van der Waals surface area contributed by atoms with Crippen molar-refractivity contribution in [2.75, 3.05) is 24.9 Å². The molecule has 2 aromatic rings. The Morgan fingerprint density at radius 2 is 1.59 bits per heavy atom. The molecule has 0 radical (unpaired) electrons. The van der Waals surface area contributed by atoms with E-state index in [0.717, 1.165) is 16.4 Å². The average Bonchev–Trinajstić information content (AvgIpc) is 3.05. The first kappa shape index (κ1) is 19.3. The number of nitro benzene ring substituents is 1. The van der Waals surface area contributed by atoms with Gasteiger partial charge in [0.2, 0.25) is 10.0 Å². The number of hydrogen-bond acceptors (Lipinski definition) is 6. The van der Waals surface area contributed by atoms with Gasteiger partial charge < -0.3 is 0 Å². The zero-order valence-corrected chi connectivity index (χ0v) is 16.2. The maximum absolute atomic E-state index is 12.9. The smallest absolute Gasteiger partial charge is 0.266 e. The Labute approximate surface area is 157 Å². The molecule has 0 unspecified atom stereocenters. The van der Waals surface area contributed by atoms with Crippen molar-refractivity contribution in [1.82, 2.24) is 4.31 Å². The quantitative estimate of drug-likeness (QED) is 0.545. The summed E-state index contributed by atoms with van der Waals surface area (Å²) in [5, 5.41) is 10.7. The van der Waals surface area contributed by atoms with E-state index in [-0.39, 0.29) is 22.0 Å². The summed E-state index contributed by atoms with van der Waals surface area (Å²) in [6.07, 6.45) is 0.373. The van der Waals surface area contributed by atoms with Gasteiger partial charge in [-0.25, -0.2) is 21.1 Å². The molecular weight excluding hydrogens is 394 g/mol.